The lowest BCUT2D eigenvalue weighted by Crippen LogP contribution is -2.50. The zero-order valence-electron chi connectivity index (χ0n) is 22.5. The van der Waals surface area contributed by atoms with Crippen LogP contribution in [0.4, 0.5) is 0 Å². The van der Waals surface area contributed by atoms with Gasteiger partial charge in [0.2, 0.25) is 5.91 Å². The van der Waals surface area contributed by atoms with Crippen LogP contribution in [0, 0.1) is 29.6 Å². The van der Waals surface area contributed by atoms with Crippen molar-refractivity contribution < 1.29 is 4.79 Å². The van der Waals surface area contributed by atoms with E-state index in [1.165, 1.54) is 24.1 Å². The molecule has 0 spiro atoms. The van der Waals surface area contributed by atoms with Crippen LogP contribution < -0.4 is 10.6 Å². The minimum absolute atomic E-state index is 0.0515. The van der Waals surface area contributed by atoms with Crippen molar-refractivity contribution in [3.05, 3.63) is 58.8 Å². The van der Waals surface area contributed by atoms with Crippen molar-refractivity contribution in [2.24, 2.45) is 29.6 Å². The summed E-state index contributed by atoms with van der Waals surface area (Å²) in [6.07, 6.45) is 23.3. The molecule has 1 fully saturated rings. The summed E-state index contributed by atoms with van der Waals surface area (Å²) in [5.41, 5.74) is 2.65. The summed E-state index contributed by atoms with van der Waals surface area (Å²) in [7, 11) is 0. The molecule has 0 aromatic heterocycles. The maximum Gasteiger partial charge on any atom is 0.223 e. The van der Waals surface area contributed by atoms with Crippen LogP contribution in [0.5, 0.6) is 0 Å². The number of likely N-dealkylation sites (tertiary alicyclic amines) is 1. The summed E-state index contributed by atoms with van der Waals surface area (Å²) in [6, 6.07) is 0.195. The molecular weight excluding hydrogens is 466 g/mol. The highest BCUT2D eigenvalue weighted by atomic mass is 35.5. The maximum atomic E-state index is 13.4. The molecule has 1 aliphatic heterocycles. The molecule has 0 radical (unpaired) electrons. The van der Waals surface area contributed by atoms with Gasteiger partial charge < -0.3 is 15.5 Å². The Morgan fingerprint density at radius 1 is 1.11 bits per heavy atom. The zero-order valence-corrected chi connectivity index (χ0v) is 23.3. The predicted octanol–water partition coefficient (Wildman–Crippen LogP) is 6.33. The van der Waals surface area contributed by atoms with Crippen LogP contribution in [0.25, 0.3) is 0 Å². The number of nitrogens with one attached hydrogen (secondary N) is 2. The van der Waals surface area contributed by atoms with Crippen LogP contribution in [0.2, 0.25) is 0 Å². The quantitative estimate of drug-likeness (QED) is 0.355. The van der Waals surface area contributed by atoms with E-state index in [9.17, 15) is 4.79 Å². The number of carbonyl (C=O) groups is 1. The molecule has 4 atom stereocenters. The number of allylic oxidation sites excluding steroid dienone is 9. The third kappa shape index (κ3) is 7.16. The van der Waals surface area contributed by atoms with E-state index in [4.69, 9.17) is 11.6 Å². The number of amides is 1. The van der Waals surface area contributed by atoms with E-state index >= 15 is 0 Å². The van der Waals surface area contributed by atoms with Gasteiger partial charge in [0.05, 0.1) is 0 Å². The van der Waals surface area contributed by atoms with Crippen molar-refractivity contribution in [3.63, 3.8) is 0 Å². The molecule has 3 aliphatic carbocycles. The highest BCUT2D eigenvalue weighted by molar-refractivity contribution is 6.31. The molecule has 0 bridgehead atoms. The fourth-order valence-electron chi connectivity index (χ4n) is 6.27. The standard InChI is InChI=1S/C31H46ClN3O/c1-4-33-29-11-6-5-10-28(29)25-8-7-9-26(20-25)31(36)34-30(22(2)3)21-35-18-16-24(17-19-35)23-12-14-27(32)15-13-23/h7-8,10-12,14-15,22-26,30,33H,4-6,9,13,16-21H2,1-3H3,(H,34,36)/t23?,25?,26?,30-/m0/s1. The first kappa shape index (κ1) is 27.3. The van der Waals surface area contributed by atoms with Crippen molar-refractivity contribution >= 4 is 17.5 Å². The van der Waals surface area contributed by atoms with Crippen LogP contribution in [0.1, 0.15) is 65.7 Å². The number of hydrogen-bond acceptors (Lipinski definition) is 3. The number of carbonyl (C=O) groups excluding carboxylic acids is 1. The number of hydrogen-bond donors (Lipinski definition) is 2. The fourth-order valence-corrected chi connectivity index (χ4v) is 6.43. The Labute approximate surface area is 224 Å². The molecule has 0 saturated carbocycles. The monoisotopic (exact) mass is 511 g/mol. The first-order valence-corrected chi connectivity index (χ1v) is 14.7. The van der Waals surface area contributed by atoms with Crippen LogP contribution in [0.3, 0.4) is 0 Å². The second kappa shape index (κ2) is 13.1. The molecule has 1 amide bonds. The Hall–Kier alpha value is -1.78. The lowest BCUT2D eigenvalue weighted by atomic mass is 9.79. The van der Waals surface area contributed by atoms with Crippen molar-refractivity contribution in [3.8, 4) is 0 Å². The lowest BCUT2D eigenvalue weighted by molar-refractivity contribution is -0.126. The van der Waals surface area contributed by atoms with E-state index in [2.05, 4.69) is 78.8 Å². The molecule has 198 valence electrons. The van der Waals surface area contributed by atoms with E-state index in [0.29, 0.717) is 17.8 Å². The molecule has 1 saturated heterocycles. The number of rotatable bonds is 9. The zero-order chi connectivity index (χ0) is 25.5. The molecular formula is C31H46ClN3O. The van der Waals surface area contributed by atoms with E-state index < -0.39 is 0 Å². The average Bonchev–Trinajstić information content (AvgIpc) is 2.90. The SMILES string of the molecule is CCNC1=CCCC=C1C1C=CCC(C(=O)N[C@@H](CN2CCC(C3C=CC(Cl)=CC3)CC2)C(C)C)C1. The van der Waals surface area contributed by atoms with Gasteiger partial charge in [0.1, 0.15) is 0 Å². The minimum atomic E-state index is 0.0515. The number of nitrogens with zero attached hydrogens (tertiary/aromatic N) is 1. The van der Waals surface area contributed by atoms with Gasteiger partial charge in [0.15, 0.2) is 0 Å². The summed E-state index contributed by atoms with van der Waals surface area (Å²) in [6.45, 7) is 10.7. The van der Waals surface area contributed by atoms with Gasteiger partial charge in [-0.05, 0) is 94.4 Å². The Balaban J connectivity index is 1.28. The summed E-state index contributed by atoms with van der Waals surface area (Å²) in [5, 5.41) is 7.89. The summed E-state index contributed by atoms with van der Waals surface area (Å²) in [4.78, 5) is 16.0. The van der Waals surface area contributed by atoms with Gasteiger partial charge in [-0.3, -0.25) is 4.79 Å². The van der Waals surface area contributed by atoms with Gasteiger partial charge >= 0.3 is 0 Å². The molecule has 4 aliphatic rings. The minimum Gasteiger partial charge on any atom is -0.385 e. The summed E-state index contributed by atoms with van der Waals surface area (Å²) >= 11 is 6.11. The van der Waals surface area contributed by atoms with Crippen molar-refractivity contribution in [2.45, 2.75) is 71.8 Å². The van der Waals surface area contributed by atoms with Crippen LogP contribution in [-0.2, 0) is 4.79 Å². The second-order valence-electron chi connectivity index (χ2n) is 11.4. The third-order valence-electron chi connectivity index (χ3n) is 8.57. The van der Waals surface area contributed by atoms with Gasteiger partial charge in [-0.15, -0.1) is 0 Å². The molecule has 1 heterocycles. The van der Waals surface area contributed by atoms with Crippen LogP contribution >= 0.6 is 11.6 Å². The molecule has 4 nitrogen and oxygen atoms in total. The van der Waals surface area contributed by atoms with Gasteiger partial charge in [-0.2, -0.15) is 0 Å². The number of likely N-dealkylation sites (N-methyl/N-ethyl adjacent to an activating group) is 1. The van der Waals surface area contributed by atoms with E-state index in [0.717, 1.165) is 69.2 Å². The largest absolute Gasteiger partial charge is 0.385 e. The Morgan fingerprint density at radius 3 is 2.58 bits per heavy atom. The van der Waals surface area contributed by atoms with Gasteiger partial charge in [0, 0.05) is 41.7 Å². The smallest absolute Gasteiger partial charge is 0.223 e. The molecule has 3 unspecified atom stereocenters. The average molecular weight is 512 g/mol. The van der Waals surface area contributed by atoms with Crippen molar-refractivity contribution in [1.29, 1.82) is 0 Å². The highest BCUT2D eigenvalue weighted by Crippen LogP contribution is 2.35. The molecule has 36 heavy (non-hydrogen) atoms. The summed E-state index contributed by atoms with van der Waals surface area (Å²) < 4.78 is 0. The Bertz CT molecular complexity index is 907. The molecule has 5 heteroatoms. The van der Waals surface area contributed by atoms with E-state index in [1.807, 2.05) is 0 Å². The highest BCUT2D eigenvalue weighted by Gasteiger charge is 2.31. The van der Waals surface area contributed by atoms with Gasteiger partial charge in [-0.1, -0.05) is 61.9 Å². The summed E-state index contributed by atoms with van der Waals surface area (Å²) in [5.74, 6) is 2.40. The van der Waals surface area contributed by atoms with E-state index in [-0.39, 0.29) is 17.9 Å². The molecule has 0 aromatic rings. The van der Waals surface area contributed by atoms with Crippen LogP contribution in [-0.4, -0.2) is 43.0 Å². The van der Waals surface area contributed by atoms with Gasteiger partial charge in [-0.25, -0.2) is 0 Å². The third-order valence-corrected chi connectivity index (χ3v) is 8.85. The first-order valence-electron chi connectivity index (χ1n) is 14.3. The first-order chi connectivity index (χ1) is 17.4. The second-order valence-corrected chi connectivity index (χ2v) is 11.9. The number of piperidine rings is 1. The maximum absolute atomic E-state index is 13.4. The van der Waals surface area contributed by atoms with Crippen molar-refractivity contribution in [1.82, 2.24) is 15.5 Å². The van der Waals surface area contributed by atoms with Gasteiger partial charge in [0.25, 0.3) is 0 Å². The van der Waals surface area contributed by atoms with E-state index in [1.54, 1.807) is 0 Å². The normalized spacial score (nSPS) is 28.4. The fraction of sp³-hybridized carbons (Fsp3) is 0.645. The lowest BCUT2D eigenvalue weighted by Gasteiger charge is -2.38. The van der Waals surface area contributed by atoms with Crippen molar-refractivity contribution in [2.75, 3.05) is 26.2 Å². The molecule has 0 aromatic carbocycles. The molecule has 2 N–H and O–H groups in total. The van der Waals surface area contributed by atoms with Crippen LogP contribution in [0.15, 0.2) is 58.8 Å². The predicted molar refractivity (Wildman–Crippen MR) is 152 cm³/mol. The number of halogens is 1. The molecule has 4 rings (SSSR count). The Morgan fingerprint density at radius 2 is 1.89 bits per heavy atom. The topological polar surface area (TPSA) is 44.4 Å². The Kier molecular flexibility index (Phi) is 9.95.